The highest BCUT2D eigenvalue weighted by atomic mass is 16.3. The lowest BCUT2D eigenvalue weighted by Crippen LogP contribution is -2.33. The van der Waals surface area contributed by atoms with Gasteiger partial charge in [0.05, 0.1) is 6.10 Å². The Morgan fingerprint density at radius 3 is 3.06 bits per heavy atom. The number of carbonyl (C=O) groups is 1. The van der Waals surface area contributed by atoms with E-state index in [0.717, 1.165) is 24.8 Å². The normalized spacial score (nSPS) is 23.6. The number of nitrogens with one attached hydrogen (secondary N) is 1. The third-order valence-electron chi connectivity index (χ3n) is 3.37. The highest BCUT2D eigenvalue weighted by Crippen LogP contribution is 2.24. The third-order valence-corrected chi connectivity index (χ3v) is 3.37. The first-order valence-electron chi connectivity index (χ1n) is 6.06. The molecular weight excluding hydrogens is 216 g/mol. The Balaban J connectivity index is 1.91. The third kappa shape index (κ3) is 2.82. The summed E-state index contributed by atoms with van der Waals surface area (Å²) in [5.74, 6) is 0.0465. The Morgan fingerprint density at radius 2 is 2.41 bits per heavy atom. The van der Waals surface area contributed by atoms with Gasteiger partial charge in [0, 0.05) is 18.7 Å². The lowest BCUT2D eigenvalue weighted by molar-refractivity contribution is 0.0911. The molecule has 2 unspecified atom stereocenters. The zero-order chi connectivity index (χ0) is 12.3. The summed E-state index contributed by atoms with van der Waals surface area (Å²) < 4.78 is 0. The molecule has 1 saturated carbocycles. The van der Waals surface area contributed by atoms with Gasteiger partial charge < -0.3 is 10.4 Å². The van der Waals surface area contributed by atoms with E-state index in [1.54, 1.807) is 6.20 Å². The van der Waals surface area contributed by atoms with Gasteiger partial charge >= 0.3 is 0 Å². The summed E-state index contributed by atoms with van der Waals surface area (Å²) in [7, 11) is 0. The van der Waals surface area contributed by atoms with Crippen LogP contribution in [0.2, 0.25) is 0 Å². The van der Waals surface area contributed by atoms with Gasteiger partial charge in [-0.2, -0.15) is 0 Å². The summed E-state index contributed by atoms with van der Waals surface area (Å²) in [6.45, 7) is 2.41. The minimum absolute atomic E-state index is 0.151. The summed E-state index contributed by atoms with van der Waals surface area (Å²) in [4.78, 5) is 15.9. The fourth-order valence-electron chi connectivity index (χ4n) is 2.29. The van der Waals surface area contributed by atoms with E-state index in [0.29, 0.717) is 12.2 Å². The summed E-state index contributed by atoms with van der Waals surface area (Å²) >= 11 is 0. The van der Waals surface area contributed by atoms with Crippen LogP contribution in [0.4, 0.5) is 0 Å². The van der Waals surface area contributed by atoms with Crippen LogP contribution in [0.3, 0.4) is 0 Å². The van der Waals surface area contributed by atoms with Crippen molar-refractivity contribution in [2.75, 3.05) is 6.54 Å². The van der Waals surface area contributed by atoms with Crippen LogP contribution in [0.15, 0.2) is 18.3 Å². The maximum Gasteiger partial charge on any atom is 0.270 e. The monoisotopic (exact) mass is 234 g/mol. The topological polar surface area (TPSA) is 62.2 Å². The molecule has 2 rings (SSSR count). The van der Waals surface area contributed by atoms with Crippen molar-refractivity contribution >= 4 is 5.91 Å². The molecule has 4 heteroatoms. The van der Waals surface area contributed by atoms with Crippen molar-refractivity contribution in [1.82, 2.24) is 10.3 Å². The Kier molecular flexibility index (Phi) is 3.74. The molecule has 1 aliphatic carbocycles. The Hall–Kier alpha value is -1.42. The smallest absolute Gasteiger partial charge is 0.270 e. The predicted molar refractivity (Wildman–Crippen MR) is 64.7 cm³/mol. The molecule has 1 aliphatic rings. The summed E-state index contributed by atoms with van der Waals surface area (Å²) in [6, 6.07) is 3.68. The molecule has 4 nitrogen and oxygen atoms in total. The minimum atomic E-state index is -0.264. The molecule has 1 heterocycles. The second-order valence-corrected chi connectivity index (χ2v) is 4.64. The van der Waals surface area contributed by atoms with Gasteiger partial charge in [0.15, 0.2) is 0 Å². The number of aromatic nitrogens is 1. The molecule has 0 aromatic carbocycles. The number of amides is 1. The lowest BCUT2D eigenvalue weighted by atomic mass is 10.1. The van der Waals surface area contributed by atoms with Gasteiger partial charge in [-0.25, -0.2) is 0 Å². The van der Waals surface area contributed by atoms with Gasteiger partial charge in [-0.1, -0.05) is 12.5 Å². The van der Waals surface area contributed by atoms with Crippen molar-refractivity contribution in [3.8, 4) is 0 Å². The highest BCUT2D eigenvalue weighted by Gasteiger charge is 2.25. The van der Waals surface area contributed by atoms with Crippen molar-refractivity contribution in [3.05, 3.63) is 29.6 Å². The predicted octanol–water partition coefficient (Wildman–Crippen LogP) is 1.28. The van der Waals surface area contributed by atoms with Gasteiger partial charge in [-0.3, -0.25) is 9.78 Å². The fourth-order valence-corrected chi connectivity index (χ4v) is 2.29. The van der Waals surface area contributed by atoms with E-state index in [9.17, 15) is 9.90 Å². The maximum absolute atomic E-state index is 11.9. The number of hydrogen-bond donors (Lipinski definition) is 2. The van der Waals surface area contributed by atoms with Crippen molar-refractivity contribution in [3.63, 3.8) is 0 Å². The molecule has 92 valence electrons. The van der Waals surface area contributed by atoms with Crippen molar-refractivity contribution < 1.29 is 9.90 Å². The minimum Gasteiger partial charge on any atom is -0.393 e. The number of aryl methyl sites for hydroxylation is 1. The average Bonchev–Trinajstić information content (AvgIpc) is 2.72. The zero-order valence-corrected chi connectivity index (χ0v) is 10.0. The first kappa shape index (κ1) is 12.0. The Labute approximate surface area is 101 Å². The second-order valence-electron chi connectivity index (χ2n) is 4.64. The number of rotatable bonds is 3. The van der Waals surface area contributed by atoms with E-state index >= 15 is 0 Å². The van der Waals surface area contributed by atoms with E-state index in [1.807, 2.05) is 19.1 Å². The molecule has 1 aromatic rings. The molecule has 17 heavy (non-hydrogen) atoms. The second kappa shape index (κ2) is 5.27. The highest BCUT2D eigenvalue weighted by molar-refractivity contribution is 5.93. The molecule has 0 aliphatic heterocycles. The van der Waals surface area contributed by atoms with E-state index in [-0.39, 0.29) is 17.9 Å². The van der Waals surface area contributed by atoms with Gasteiger partial charge in [0.25, 0.3) is 5.91 Å². The lowest BCUT2D eigenvalue weighted by Gasteiger charge is -2.15. The SMILES string of the molecule is Cc1cccnc1C(=O)NCC1CCCC1O. The molecule has 2 atom stereocenters. The van der Waals surface area contributed by atoms with E-state index < -0.39 is 0 Å². The molecule has 1 fully saturated rings. The van der Waals surface area contributed by atoms with Gasteiger partial charge in [0.1, 0.15) is 5.69 Å². The van der Waals surface area contributed by atoms with Gasteiger partial charge in [-0.05, 0) is 31.4 Å². The van der Waals surface area contributed by atoms with Crippen LogP contribution in [-0.4, -0.2) is 28.6 Å². The summed E-state index contributed by atoms with van der Waals surface area (Å²) in [5.41, 5.74) is 1.34. The van der Waals surface area contributed by atoms with E-state index in [1.165, 1.54) is 0 Å². The average molecular weight is 234 g/mol. The number of hydrogen-bond acceptors (Lipinski definition) is 3. The first-order valence-corrected chi connectivity index (χ1v) is 6.06. The number of nitrogens with zero attached hydrogens (tertiary/aromatic N) is 1. The quantitative estimate of drug-likeness (QED) is 0.828. The first-order chi connectivity index (χ1) is 8.18. The molecular formula is C13H18N2O2. The molecule has 2 N–H and O–H groups in total. The van der Waals surface area contributed by atoms with Crippen LogP contribution in [0.5, 0.6) is 0 Å². The Bertz CT molecular complexity index is 406. The molecule has 0 saturated heterocycles. The molecule has 0 radical (unpaired) electrons. The largest absolute Gasteiger partial charge is 0.393 e. The number of carbonyl (C=O) groups excluding carboxylic acids is 1. The van der Waals surface area contributed by atoms with Crippen molar-refractivity contribution in [2.45, 2.75) is 32.3 Å². The number of aliphatic hydroxyl groups excluding tert-OH is 1. The number of aliphatic hydroxyl groups is 1. The van der Waals surface area contributed by atoms with Crippen LogP contribution < -0.4 is 5.32 Å². The number of pyridine rings is 1. The van der Waals surface area contributed by atoms with Crippen LogP contribution in [0.25, 0.3) is 0 Å². The van der Waals surface area contributed by atoms with Crippen LogP contribution in [0.1, 0.15) is 35.3 Å². The molecule has 1 aromatic heterocycles. The van der Waals surface area contributed by atoms with Crippen molar-refractivity contribution in [1.29, 1.82) is 0 Å². The fraction of sp³-hybridized carbons (Fsp3) is 0.538. The van der Waals surface area contributed by atoms with Crippen LogP contribution in [0, 0.1) is 12.8 Å². The van der Waals surface area contributed by atoms with Crippen LogP contribution >= 0.6 is 0 Å². The molecule has 1 amide bonds. The summed E-state index contributed by atoms with van der Waals surface area (Å²) in [5, 5.41) is 12.5. The zero-order valence-electron chi connectivity index (χ0n) is 10.0. The van der Waals surface area contributed by atoms with Gasteiger partial charge in [0.2, 0.25) is 0 Å². The van der Waals surface area contributed by atoms with Crippen LogP contribution in [-0.2, 0) is 0 Å². The standard InChI is InChI=1S/C13H18N2O2/c1-9-4-3-7-14-12(9)13(17)15-8-10-5-2-6-11(10)16/h3-4,7,10-11,16H,2,5-6,8H2,1H3,(H,15,17). The maximum atomic E-state index is 11.9. The molecule has 0 bridgehead atoms. The van der Waals surface area contributed by atoms with Crippen molar-refractivity contribution in [2.24, 2.45) is 5.92 Å². The van der Waals surface area contributed by atoms with E-state index in [4.69, 9.17) is 0 Å². The van der Waals surface area contributed by atoms with Gasteiger partial charge in [-0.15, -0.1) is 0 Å². The summed E-state index contributed by atoms with van der Waals surface area (Å²) in [6.07, 6.45) is 4.24. The Morgan fingerprint density at radius 1 is 1.59 bits per heavy atom. The van der Waals surface area contributed by atoms with E-state index in [2.05, 4.69) is 10.3 Å². The molecule has 0 spiro atoms.